The summed E-state index contributed by atoms with van der Waals surface area (Å²) in [5.74, 6) is -2.99. The Balaban J connectivity index is 3.11. The number of anilines is 1. The molecule has 0 radical (unpaired) electrons. The summed E-state index contributed by atoms with van der Waals surface area (Å²) >= 11 is 0. The number of hydrogen-bond donors (Lipinski definition) is 1. The van der Waals surface area contributed by atoms with Gasteiger partial charge in [0, 0.05) is 11.3 Å². The van der Waals surface area contributed by atoms with Crippen LogP contribution in [0.4, 0.5) is 14.5 Å². The number of halogens is 2. The first kappa shape index (κ1) is 8.71. The molecule has 0 fully saturated rings. The maximum atomic E-state index is 12.9. The molecule has 0 bridgehead atoms. The zero-order valence-electron chi connectivity index (χ0n) is 6.43. The molecule has 0 saturated carbocycles. The van der Waals surface area contributed by atoms with Crippen molar-refractivity contribution in [2.45, 2.75) is 5.92 Å². The number of allylic oxidation sites excluding steroid dienone is 1. The Bertz CT molecular complexity index is 294. The van der Waals surface area contributed by atoms with Crippen LogP contribution < -0.4 is 5.73 Å². The molecule has 0 amide bonds. The number of hydrogen-bond acceptors (Lipinski definition) is 1. The standard InChI is InChI=1S/C9H9F2N/c1-2-9(10,11)7-4-3-5-8(12)6-7/h2-6H,1,12H2. The van der Waals surface area contributed by atoms with Crippen molar-refractivity contribution in [3.8, 4) is 0 Å². The fourth-order valence-corrected chi connectivity index (χ4v) is 0.864. The van der Waals surface area contributed by atoms with E-state index in [-0.39, 0.29) is 5.56 Å². The summed E-state index contributed by atoms with van der Waals surface area (Å²) in [6, 6.07) is 5.60. The Morgan fingerprint density at radius 3 is 2.58 bits per heavy atom. The van der Waals surface area contributed by atoms with Gasteiger partial charge in [0.25, 0.3) is 5.92 Å². The first-order valence-corrected chi connectivity index (χ1v) is 3.43. The largest absolute Gasteiger partial charge is 0.399 e. The average molecular weight is 169 g/mol. The van der Waals surface area contributed by atoms with E-state index in [4.69, 9.17) is 5.73 Å². The van der Waals surface area contributed by atoms with E-state index in [1.165, 1.54) is 18.2 Å². The Hall–Kier alpha value is -1.38. The van der Waals surface area contributed by atoms with Gasteiger partial charge in [-0.3, -0.25) is 0 Å². The van der Waals surface area contributed by atoms with Gasteiger partial charge < -0.3 is 5.73 Å². The molecule has 12 heavy (non-hydrogen) atoms. The number of nitrogens with two attached hydrogens (primary N) is 1. The van der Waals surface area contributed by atoms with Gasteiger partial charge in [-0.05, 0) is 18.2 Å². The van der Waals surface area contributed by atoms with Gasteiger partial charge >= 0.3 is 0 Å². The lowest BCUT2D eigenvalue weighted by Crippen LogP contribution is -2.08. The predicted molar refractivity (Wildman–Crippen MR) is 44.9 cm³/mol. The Labute approximate surface area is 69.5 Å². The zero-order valence-corrected chi connectivity index (χ0v) is 6.43. The number of benzene rings is 1. The van der Waals surface area contributed by atoms with Crippen LogP contribution in [-0.2, 0) is 5.92 Å². The summed E-state index contributed by atoms with van der Waals surface area (Å²) < 4.78 is 25.8. The highest BCUT2D eigenvalue weighted by Crippen LogP contribution is 2.29. The molecule has 1 rings (SSSR count). The monoisotopic (exact) mass is 169 g/mol. The lowest BCUT2D eigenvalue weighted by molar-refractivity contribution is 0.0526. The van der Waals surface area contributed by atoms with E-state index in [0.29, 0.717) is 11.8 Å². The van der Waals surface area contributed by atoms with Gasteiger partial charge in [-0.2, -0.15) is 8.78 Å². The van der Waals surface area contributed by atoms with E-state index < -0.39 is 5.92 Å². The molecule has 0 atom stereocenters. The summed E-state index contributed by atoms with van der Waals surface area (Å²) in [6.07, 6.45) is 0.599. The summed E-state index contributed by atoms with van der Waals surface area (Å²) in [5, 5.41) is 0. The van der Waals surface area contributed by atoms with E-state index in [1.54, 1.807) is 6.07 Å². The van der Waals surface area contributed by atoms with Crippen LogP contribution in [0.3, 0.4) is 0 Å². The molecule has 0 saturated heterocycles. The summed E-state index contributed by atoms with van der Waals surface area (Å²) in [7, 11) is 0. The number of nitrogen functional groups attached to an aromatic ring is 1. The van der Waals surface area contributed by atoms with Crippen LogP contribution in [0, 0.1) is 0 Å². The predicted octanol–water partition coefficient (Wildman–Crippen LogP) is 2.55. The van der Waals surface area contributed by atoms with Gasteiger partial charge in [0.05, 0.1) is 0 Å². The first-order chi connectivity index (χ1) is 5.56. The van der Waals surface area contributed by atoms with Crippen molar-refractivity contribution >= 4 is 5.69 Å². The molecule has 0 unspecified atom stereocenters. The molecular weight excluding hydrogens is 160 g/mol. The highest BCUT2D eigenvalue weighted by molar-refractivity contribution is 5.42. The average Bonchev–Trinajstić information content (AvgIpc) is 2.05. The van der Waals surface area contributed by atoms with Gasteiger partial charge in [0.1, 0.15) is 0 Å². The third-order valence-corrected chi connectivity index (χ3v) is 1.53. The first-order valence-electron chi connectivity index (χ1n) is 3.43. The molecule has 0 aliphatic rings. The molecule has 0 aromatic heterocycles. The van der Waals surface area contributed by atoms with Crippen LogP contribution in [-0.4, -0.2) is 0 Å². The fraction of sp³-hybridized carbons (Fsp3) is 0.111. The highest BCUT2D eigenvalue weighted by Gasteiger charge is 2.26. The minimum absolute atomic E-state index is 0.127. The van der Waals surface area contributed by atoms with Crippen molar-refractivity contribution in [3.63, 3.8) is 0 Å². The number of alkyl halides is 2. The van der Waals surface area contributed by atoms with Gasteiger partial charge in [-0.1, -0.05) is 18.7 Å². The minimum Gasteiger partial charge on any atom is -0.399 e. The summed E-state index contributed by atoms with van der Waals surface area (Å²) in [5.41, 5.74) is 5.54. The number of rotatable bonds is 2. The van der Waals surface area contributed by atoms with Crippen LogP contribution in [0.5, 0.6) is 0 Å². The van der Waals surface area contributed by atoms with E-state index >= 15 is 0 Å². The second-order valence-corrected chi connectivity index (χ2v) is 2.45. The summed E-state index contributed by atoms with van der Waals surface area (Å²) in [4.78, 5) is 0. The molecular formula is C9H9F2N. The van der Waals surface area contributed by atoms with Crippen LogP contribution in [0.2, 0.25) is 0 Å². The van der Waals surface area contributed by atoms with E-state index in [1.807, 2.05) is 0 Å². The normalized spacial score (nSPS) is 11.2. The lowest BCUT2D eigenvalue weighted by Gasteiger charge is -2.11. The van der Waals surface area contributed by atoms with E-state index in [0.717, 1.165) is 0 Å². The maximum Gasteiger partial charge on any atom is 0.291 e. The molecule has 64 valence electrons. The highest BCUT2D eigenvalue weighted by atomic mass is 19.3. The van der Waals surface area contributed by atoms with Crippen molar-refractivity contribution < 1.29 is 8.78 Å². The minimum atomic E-state index is -2.99. The molecule has 0 heterocycles. The third kappa shape index (κ3) is 1.61. The van der Waals surface area contributed by atoms with Gasteiger partial charge in [0.15, 0.2) is 0 Å². The SMILES string of the molecule is C=CC(F)(F)c1cccc(N)c1. The molecule has 3 heteroatoms. The van der Waals surface area contributed by atoms with Crippen molar-refractivity contribution in [1.29, 1.82) is 0 Å². The van der Waals surface area contributed by atoms with Gasteiger partial charge in [-0.15, -0.1) is 0 Å². The molecule has 2 N–H and O–H groups in total. The van der Waals surface area contributed by atoms with Gasteiger partial charge in [-0.25, -0.2) is 0 Å². The Kier molecular flexibility index (Phi) is 2.13. The Morgan fingerprint density at radius 2 is 2.08 bits per heavy atom. The fourth-order valence-electron chi connectivity index (χ4n) is 0.864. The summed E-state index contributed by atoms with van der Waals surface area (Å²) in [6.45, 7) is 3.05. The second-order valence-electron chi connectivity index (χ2n) is 2.45. The lowest BCUT2D eigenvalue weighted by atomic mass is 10.1. The second kappa shape index (κ2) is 2.93. The van der Waals surface area contributed by atoms with Crippen molar-refractivity contribution in [3.05, 3.63) is 42.5 Å². The molecule has 0 aliphatic carbocycles. The molecule has 1 nitrogen and oxygen atoms in total. The van der Waals surface area contributed by atoms with E-state index in [9.17, 15) is 8.78 Å². The third-order valence-electron chi connectivity index (χ3n) is 1.53. The van der Waals surface area contributed by atoms with Crippen LogP contribution in [0.15, 0.2) is 36.9 Å². The topological polar surface area (TPSA) is 26.0 Å². The van der Waals surface area contributed by atoms with Crippen molar-refractivity contribution in [2.24, 2.45) is 0 Å². The van der Waals surface area contributed by atoms with E-state index in [2.05, 4.69) is 6.58 Å². The van der Waals surface area contributed by atoms with Gasteiger partial charge in [0.2, 0.25) is 0 Å². The van der Waals surface area contributed by atoms with Crippen LogP contribution in [0.25, 0.3) is 0 Å². The molecule has 0 spiro atoms. The smallest absolute Gasteiger partial charge is 0.291 e. The van der Waals surface area contributed by atoms with Crippen molar-refractivity contribution in [1.82, 2.24) is 0 Å². The van der Waals surface area contributed by atoms with Crippen LogP contribution >= 0.6 is 0 Å². The van der Waals surface area contributed by atoms with Crippen LogP contribution in [0.1, 0.15) is 5.56 Å². The Morgan fingerprint density at radius 1 is 1.42 bits per heavy atom. The molecule has 1 aromatic rings. The van der Waals surface area contributed by atoms with Crippen molar-refractivity contribution in [2.75, 3.05) is 5.73 Å². The molecule has 0 aliphatic heterocycles. The quantitative estimate of drug-likeness (QED) is 0.534. The zero-order chi connectivity index (χ0) is 9.19. The maximum absolute atomic E-state index is 12.9. The molecule has 1 aromatic carbocycles.